The second-order valence-corrected chi connectivity index (χ2v) is 1.68. The maximum atomic E-state index is 8.63. The first-order valence-electron chi connectivity index (χ1n) is 2.91. The molecule has 0 aliphatic heterocycles. The molecular formula is C6H10BNaO4. The molecule has 12 heavy (non-hydrogen) atoms. The van der Waals surface area contributed by atoms with Crippen molar-refractivity contribution in [3.8, 4) is 5.75 Å². The number of phenolic OH excluding ortho intramolecular Hbond substituents is 1. The Kier molecular flexibility index (Phi) is 10.9. The molecular weight excluding hydrogens is 170 g/mol. The molecule has 0 fully saturated rings. The standard InChI is InChI=1S/C6H6O.BH3O3.Na.H/c7-6-4-2-1-3-5-6;2-1(3)4;;/h1-5,7H;2-4H;;. The fraction of sp³-hybridized carbons (Fsp3) is 0. The van der Waals surface area contributed by atoms with Crippen LogP contribution in [0, 0.1) is 0 Å². The van der Waals surface area contributed by atoms with Crippen molar-refractivity contribution in [2.24, 2.45) is 0 Å². The Morgan fingerprint density at radius 1 is 0.917 bits per heavy atom. The first-order chi connectivity index (χ1) is 5.13. The van der Waals surface area contributed by atoms with E-state index in [2.05, 4.69) is 0 Å². The molecule has 0 amide bonds. The van der Waals surface area contributed by atoms with E-state index in [1.54, 1.807) is 24.3 Å². The zero-order chi connectivity index (χ0) is 8.69. The van der Waals surface area contributed by atoms with Crippen molar-refractivity contribution >= 4 is 36.9 Å². The van der Waals surface area contributed by atoms with Gasteiger partial charge >= 0.3 is 36.9 Å². The van der Waals surface area contributed by atoms with Gasteiger partial charge in [0.25, 0.3) is 0 Å². The van der Waals surface area contributed by atoms with Crippen LogP contribution in [0.15, 0.2) is 30.3 Å². The van der Waals surface area contributed by atoms with Gasteiger partial charge in [-0.2, -0.15) is 0 Å². The SMILES string of the molecule is OB(O)O.Oc1ccccc1.[NaH]. The summed E-state index contributed by atoms with van der Waals surface area (Å²) < 4.78 is 0. The van der Waals surface area contributed by atoms with Crippen molar-refractivity contribution in [1.82, 2.24) is 0 Å². The number of hydrogen-bond acceptors (Lipinski definition) is 4. The number of rotatable bonds is 0. The molecule has 0 atom stereocenters. The average molecular weight is 180 g/mol. The zero-order valence-electron chi connectivity index (χ0n) is 5.75. The molecule has 4 nitrogen and oxygen atoms in total. The first-order valence-corrected chi connectivity index (χ1v) is 2.91. The van der Waals surface area contributed by atoms with Gasteiger partial charge in [0.1, 0.15) is 5.75 Å². The summed E-state index contributed by atoms with van der Waals surface area (Å²) in [5.74, 6) is 0.322. The molecule has 0 spiro atoms. The van der Waals surface area contributed by atoms with Crippen LogP contribution in [0.3, 0.4) is 0 Å². The summed E-state index contributed by atoms with van der Waals surface area (Å²) in [6.07, 6.45) is 0. The van der Waals surface area contributed by atoms with Crippen molar-refractivity contribution in [2.75, 3.05) is 0 Å². The summed E-state index contributed by atoms with van der Waals surface area (Å²) >= 11 is 0. The summed E-state index contributed by atoms with van der Waals surface area (Å²) in [5, 5.41) is 30.1. The van der Waals surface area contributed by atoms with E-state index in [4.69, 9.17) is 20.2 Å². The van der Waals surface area contributed by atoms with E-state index in [9.17, 15) is 0 Å². The average Bonchev–Trinajstić information content (AvgIpc) is 1.87. The van der Waals surface area contributed by atoms with E-state index < -0.39 is 7.32 Å². The molecule has 0 bridgehead atoms. The molecule has 0 aliphatic carbocycles. The molecule has 0 saturated heterocycles. The van der Waals surface area contributed by atoms with Gasteiger partial charge in [-0.25, -0.2) is 0 Å². The Morgan fingerprint density at radius 2 is 1.25 bits per heavy atom. The van der Waals surface area contributed by atoms with Crippen LogP contribution in [0.4, 0.5) is 0 Å². The Morgan fingerprint density at radius 3 is 1.42 bits per heavy atom. The third-order valence-corrected chi connectivity index (χ3v) is 0.756. The zero-order valence-corrected chi connectivity index (χ0v) is 5.75. The van der Waals surface area contributed by atoms with Gasteiger partial charge in [-0.1, -0.05) is 18.2 Å². The fourth-order valence-corrected chi connectivity index (χ4v) is 0.428. The number of phenols is 1. The van der Waals surface area contributed by atoms with Crippen molar-refractivity contribution < 1.29 is 20.2 Å². The molecule has 0 radical (unpaired) electrons. The van der Waals surface area contributed by atoms with E-state index in [0.717, 1.165) is 0 Å². The van der Waals surface area contributed by atoms with Crippen LogP contribution in [0.2, 0.25) is 0 Å². The third-order valence-electron chi connectivity index (χ3n) is 0.756. The second-order valence-electron chi connectivity index (χ2n) is 1.68. The fourth-order valence-electron chi connectivity index (χ4n) is 0.428. The Balaban J connectivity index is 0. The summed E-state index contributed by atoms with van der Waals surface area (Å²) in [4.78, 5) is 0. The number of hydrogen-bond donors (Lipinski definition) is 4. The molecule has 1 aromatic rings. The predicted molar refractivity (Wildman–Crippen MR) is 47.7 cm³/mol. The van der Waals surface area contributed by atoms with Gasteiger partial charge in [0.15, 0.2) is 0 Å². The van der Waals surface area contributed by atoms with Gasteiger partial charge < -0.3 is 20.2 Å². The Labute approximate surface area is 93.0 Å². The number of para-hydroxylation sites is 1. The molecule has 62 valence electrons. The molecule has 0 unspecified atom stereocenters. The summed E-state index contributed by atoms with van der Waals surface area (Å²) in [6, 6.07) is 8.71. The molecule has 1 aromatic carbocycles. The molecule has 0 saturated carbocycles. The van der Waals surface area contributed by atoms with Crippen molar-refractivity contribution in [2.45, 2.75) is 0 Å². The first kappa shape index (κ1) is 14.5. The Hall–Kier alpha value is -0.0351. The predicted octanol–water partition coefficient (Wildman–Crippen LogP) is -1.31. The van der Waals surface area contributed by atoms with Crippen LogP contribution in [-0.2, 0) is 0 Å². The van der Waals surface area contributed by atoms with Crippen LogP contribution < -0.4 is 0 Å². The van der Waals surface area contributed by atoms with Crippen LogP contribution in [0.25, 0.3) is 0 Å². The molecule has 6 heteroatoms. The van der Waals surface area contributed by atoms with Crippen LogP contribution >= 0.6 is 0 Å². The summed E-state index contributed by atoms with van der Waals surface area (Å²) in [5.41, 5.74) is 0. The van der Waals surface area contributed by atoms with Gasteiger partial charge in [0, 0.05) is 0 Å². The monoisotopic (exact) mass is 180 g/mol. The van der Waals surface area contributed by atoms with Crippen LogP contribution in [0.1, 0.15) is 0 Å². The number of aromatic hydroxyl groups is 1. The van der Waals surface area contributed by atoms with E-state index in [1.165, 1.54) is 0 Å². The van der Waals surface area contributed by atoms with E-state index >= 15 is 0 Å². The van der Waals surface area contributed by atoms with Crippen molar-refractivity contribution in [1.29, 1.82) is 0 Å². The van der Waals surface area contributed by atoms with Crippen molar-refractivity contribution in [3.63, 3.8) is 0 Å². The van der Waals surface area contributed by atoms with E-state index in [-0.39, 0.29) is 29.6 Å². The number of benzene rings is 1. The van der Waals surface area contributed by atoms with E-state index in [0.29, 0.717) is 5.75 Å². The van der Waals surface area contributed by atoms with Gasteiger partial charge in [0.2, 0.25) is 0 Å². The third kappa shape index (κ3) is 12.6. The molecule has 1 rings (SSSR count). The quantitative estimate of drug-likeness (QED) is 0.373. The normalized spacial score (nSPS) is 7.25. The molecule has 0 aliphatic rings. The van der Waals surface area contributed by atoms with Gasteiger partial charge in [-0.15, -0.1) is 0 Å². The van der Waals surface area contributed by atoms with Crippen LogP contribution in [-0.4, -0.2) is 57.1 Å². The minimum atomic E-state index is -2.17. The topological polar surface area (TPSA) is 80.9 Å². The van der Waals surface area contributed by atoms with E-state index in [1.807, 2.05) is 6.07 Å². The minimum absolute atomic E-state index is 0. The Bertz CT molecular complexity index is 179. The van der Waals surface area contributed by atoms with Gasteiger partial charge in [-0.05, 0) is 12.1 Å². The summed E-state index contributed by atoms with van der Waals surface area (Å²) in [7, 11) is -2.17. The molecule has 4 N–H and O–H groups in total. The second kappa shape index (κ2) is 9.06. The van der Waals surface area contributed by atoms with Crippen molar-refractivity contribution in [3.05, 3.63) is 30.3 Å². The van der Waals surface area contributed by atoms with Crippen LogP contribution in [0.5, 0.6) is 5.75 Å². The summed E-state index contributed by atoms with van der Waals surface area (Å²) in [6.45, 7) is 0. The van der Waals surface area contributed by atoms with Gasteiger partial charge in [-0.3, -0.25) is 0 Å². The maximum absolute atomic E-state index is 8.63. The molecule has 0 heterocycles. The van der Waals surface area contributed by atoms with Gasteiger partial charge in [0.05, 0.1) is 0 Å². The molecule has 0 aromatic heterocycles.